The molecule has 8 heteroatoms. The number of aromatic nitrogens is 1. The third kappa shape index (κ3) is 2.26. The fraction of sp³-hybridized carbons (Fsp3) is 0.500. The minimum absolute atomic E-state index is 0.112. The Bertz CT molecular complexity index is 589. The summed E-state index contributed by atoms with van der Waals surface area (Å²) in [4.78, 5) is 19.9. The Labute approximate surface area is 102 Å². The van der Waals surface area contributed by atoms with E-state index in [4.69, 9.17) is 15.2 Å². The van der Waals surface area contributed by atoms with Gasteiger partial charge in [0.15, 0.2) is 11.4 Å². The predicted molar refractivity (Wildman–Crippen MR) is 62.4 cm³/mol. The first kappa shape index (κ1) is 12.0. The maximum absolute atomic E-state index is 11.6. The van der Waals surface area contributed by atoms with E-state index < -0.39 is 5.63 Å². The highest BCUT2D eigenvalue weighted by Crippen LogP contribution is 2.21. The zero-order valence-corrected chi connectivity index (χ0v) is 9.54. The molecule has 0 spiro atoms. The Morgan fingerprint density at radius 3 is 2.78 bits per heavy atom. The molecule has 1 aromatic heterocycles. The number of rotatable bonds is 2. The molecule has 0 saturated carbocycles. The molecular weight excluding hydrogens is 236 g/mol. The second-order valence-electron chi connectivity index (χ2n) is 3.83. The third-order valence-corrected chi connectivity index (χ3v) is 2.69. The molecule has 92 valence electrons. The number of azide groups is 1. The maximum Gasteiger partial charge on any atom is 0.358 e. The first-order valence-corrected chi connectivity index (χ1v) is 5.51. The summed E-state index contributed by atoms with van der Waals surface area (Å²) in [7, 11) is 0. The average Bonchev–Trinajstić information content (AvgIpc) is 2.40. The summed E-state index contributed by atoms with van der Waals surface area (Å²) in [5, 5.41) is 12.0. The van der Waals surface area contributed by atoms with Crippen molar-refractivity contribution in [3.63, 3.8) is 0 Å². The zero-order valence-electron chi connectivity index (χ0n) is 9.54. The molecule has 2 rings (SSSR count). The van der Waals surface area contributed by atoms with Crippen LogP contribution in [-0.4, -0.2) is 18.1 Å². The Morgan fingerprint density at radius 2 is 2.17 bits per heavy atom. The van der Waals surface area contributed by atoms with Gasteiger partial charge >= 0.3 is 11.6 Å². The normalized spacial score (nSPS) is 14.7. The van der Waals surface area contributed by atoms with Crippen LogP contribution in [0.5, 0.6) is 0 Å². The highest BCUT2D eigenvalue weighted by molar-refractivity contribution is 5.48. The Hall–Kier alpha value is -2.52. The maximum atomic E-state index is 11.6. The summed E-state index contributed by atoms with van der Waals surface area (Å²) in [5.41, 5.74) is 7.20. The van der Waals surface area contributed by atoms with Crippen LogP contribution in [0, 0.1) is 11.3 Å². The Balaban J connectivity index is 2.47. The van der Waals surface area contributed by atoms with Crippen LogP contribution in [0.3, 0.4) is 0 Å². The molecule has 1 fully saturated rings. The topological polar surface area (TPSA) is 119 Å². The number of anilines is 1. The van der Waals surface area contributed by atoms with Gasteiger partial charge < -0.3 is 9.32 Å². The molecule has 0 aromatic carbocycles. The van der Waals surface area contributed by atoms with E-state index in [9.17, 15) is 4.79 Å². The standard InChI is InChI=1S/C10H10N6O2/c11-6-7-8(14-15-12)13-10(18-9(7)17)16-4-2-1-3-5-16/h1-5H2. The molecule has 1 aromatic rings. The van der Waals surface area contributed by atoms with Crippen LogP contribution in [0.4, 0.5) is 11.8 Å². The predicted octanol–water partition coefficient (Wildman–Crippen LogP) is 1.84. The molecule has 0 N–H and O–H groups in total. The number of piperidine rings is 1. The van der Waals surface area contributed by atoms with Crippen LogP contribution in [0.2, 0.25) is 0 Å². The fourth-order valence-electron chi connectivity index (χ4n) is 1.83. The largest absolute Gasteiger partial charge is 0.388 e. The lowest BCUT2D eigenvalue weighted by Crippen LogP contribution is -2.31. The van der Waals surface area contributed by atoms with Crippen LogP contribution in [0.25, 0.3) is 10.4 Å². The SMILES string of the molecule is N#Cc1c(N=[N+]=[N-])nc(N2CCCCC2)oc1=O. The van der Waals surface area contributed by atoms with Crippen molar-refractivity contribution in [3.05, 3.63) is 26.4 Å². The van der Waals surface area contributed by atoms with E-state index in [1.807, 2.05) is 4.90 Å². The van der Waals surface area contributed by atoms with E-state index in [1.54, 1.807) is 6.07 Å². The molecule has 2 heterocycles. The quantitative estimate of drug-likeness (QED) is 0.448. The van der Waals surface area contributed by atoms with Gasteiger partial charge in [0.05, 0.1) is 0 Å². The van der Waals surface area contributed by atoms with Gasteiger partial charge in [-0.1, -0.05) is 0 Å². The molecule has 1 aliphatic heterocycles. The Morgan fingerprint density at radius 1 is 1.44 bits per heavy atom. The van der Waals surface area contributed by atoms with Crippen molar-refractivity contribution < 1.29 is 4.42 Å². The van der Waals surface area contributed by atoms with Gasteiger partial charge in [-0.2, -0.15) is 10.2 Å². The van der Waals surface area contributed by atoms with E-state index in [0.717, 1.165) is 32.4 Å². The van der Waals surface area contributed by atoms with Gasteiger partial charge in [0.1, 0.15) is 6.07 Å². The molecule has 0 bridgehead atoms. The summed E-state index contributed by atoms with van der Waals surface area (Å²) in [6.07, 6.45) is 3.10. The fourth-order valence-corrected chi connectivity index (χ4v) is 1.83. The molecule has 0 atom stereocenters. The van der Waals surface area contributed by atoms with Crippen molar-refractivity contribution in [2.45, 2.75) is 19.3 Å². The lowest BCUT2D eigenvalue weighted by atomic mass is 10.1. The van der Waals surface area contributed by atoms with Gasteiger partial charge in [-0.25, -0.2) is 4.79 Å². The molecule has 1 saturated heterocycles. The van der Waals surface area contributed by atoms with Crippen LogP contribution in [0.1, 0.15) is 24.8 Å². The van der Waals surface area contributed by atoms with Crippen molar-refractivity contribution in [1.82, 2.24) is 4.98 Å². The first-order valence-electron chi connectivity index (χ1n) is 5.51. The van der Waals surface area contributed by atoms with Crippen molar-refractivity contribution in [2.75, 3.05) is 18.0 Å². The number of nitrogens with zero attached hydrogens (tertiary/aromatic N) is 6. The van der Waals surface area contributed by atoms with Crippen molar-refractivity contribution >= 4 is 11.8 Å². The van der Waals surface area contributed by atoms with Gasteiger partial charge in [-0.15, -0.1) is 0 Å². The second-order valence-corrected chi connectivity index (χ2v) is 3.83. The summed E-state index contributed by atoms with van der Waals surface area (Å²) < 4.78 is 4.98. The monoisotopic (exact) mass is 246 g/mol. The van der Waals surface area contributed by atoms with Crippen LogP contribution >= 0.6 is 0 Å². The molecule has 0 aliphatic carbocycles. The van der Waals surface area contributed by atoms with Crippen molar-refractivity contribution in [1.29, 1.82) is 5.26 Å². The van der Waals surface area contributed by atoms with Crippen LogP contribution in [0.15, 0.2) is 14.3 Å². The van der Waals surface area contributed by atoms with Gasteiger partial charge in [-0.05, 0) is 29.9 Å². The molecule has 0 radical (unpaired) electrons. The Kier molecular flexibility index (Phi) is 3.46. The zero-order chi connectivity index (χ0) is 13.0. The first-order chi connectivity index (χ1) is 8.76. The van der Waals surface area contributed by atoms with Crippen molar-refractivity contribution in [3.8, 4) is 6.07 Å². The van der Waals surface area contributed by atoms with E-state index in [2.05, 4.69) is 15.0 Å². The van der Waals surface area contributed by atoms with Gasteiger partial charge in [0, 0.05) is 18.0 Å². The summed E-state index contributed by atoms with van der Waals surface area (Å²) in [6, 6.07) is 1.74. The summed E-state index contributed by atoms with van der Waals surface area (Å²) in [6.45, 7) is 1.47. The summed E-state index contributed by atoms with van der Waals surface area (Å²) >= 11 is 0. The average molecular weight is 246 g/mol. The number of nitriles is 1. The smallest absolute Gasteiger partial charge is 0.358 e. The third-order valence-electron chi connectivity index (χ3n) is 2.69. The lowest BCUT2D eigenvalue weighted by molar-refractivity contribution is 0.451. The molecule has 1 aliphatic rings. The highest BCUT2D eigenvalue weighted by atomic mass is 16.4. The minimum atomic E-state index is -0.824. The number of hydrogen-bond donors (Lipinski definition) is 0. The van der Waals surface area contributed by atoms with Crippen molar-refractivity contribution in [2.24, 2.45) is 5.11 Å². The lowest BCUT2D eigenvalue weighted by Gasteiger charge is -2.25. The van der Waals surface area contributed by atoms with E-state index in [0.29, 0.717) is 0 Å². The molecular formula is C10H10N6O2. The van der Waals surface area contributed by atoms with E-state index in [1.165, 1.54) is 0 Å². The highest BCUT2D eigenvalue weighted by Gasteiger charge is 2.18. The van der Waals surface area contributed by atoms with Gasteiger partial charge in [0.2, 0.25) is 0 Å². The molecule has 0 amide bonds. The summed E-state index contributed by atoms with van der Waals surface area (Å²) in [5.74, 6) is -0.225. The van der Waals surface area contributed by atoms with E-state index in [-0.39, 0.29) is 17.4 Å². The van der Waals surface area contributed by atoms with E-state index >= 15 is 0 Å². The van der Waals surface area contributed by atoms with Crippen LogP contribution in [-0.2, 0) is 0 Å². The molecule has 0 unspecified atom stereocenters. The minimum Gasteiger partial charge on any atom is -0.388 e. The van der Waals surface area contributed by atoms with Crippen LogP contribution < -0.4 is 10.5 Å². The molecule has 18 heavy (non-hydrogen) atoms. The second kappa shape index (κ2) is 5.21. The number of hydrogen-bond acceptors (Lipinski definition) is 6. The van der Waals surface area contributed by atoms with Gasteiger partial charge in [-0.3, -0.25) is 0 Å². The molecule has 8 nitrogen and oxygen atoms in total. The van der Waals surface area contributed by atoms with Gasteiger partial charge in [0.25, 0.3) is 0 Å².